The summed E-state index contributed by atoms with van der Waals surface area (Å²) in [5.74, 6) is 1.42. The van der Waals surface area contributed by atoms with Crippen LogP contribution in [-0.2, 0) is 6.61 Å². The fraction of sp³-hybridized carbons (Fsp3) is 0.294. The van der Waals surface area contributed by atoms with Crippen LogP contribution in [0.1, 0.15) is 30.9 Å². The first-order chi connectivity index (χ1) is 9.60. The Kier molecular flexibility index (Phi) is 4.61. The number of hydrogen-bond acceptors (Lipinski definition) is 2. The zero-order chi connectivity index (χ0) is 14.5. The summed E-state index contributed by atoms with van der Waals surface area (Å²) in [4.78, 5) is 0. The molecular weight excluding hydrogens is 255 g/mol. The van der Waals surface area contributed by atoms with Crippen molar-refractivity contribution in [2.45, 2.75) is 26.4 Å². The van der Waals surface area contributed by atoms with Gasteiger partial charge < -0.3 is 9.47 Å². The van der Waals surface area contributed by atoms with Gasteiger partial charge in [-0.1, -0.05) is 26.0 Å². The molecule has 0 bridgehead atoms. The molecule has 2 nitrogen and oxygen atoms in total. The van der Waals surface area contributed by atoms with E-state index in [1.165, 1.54) is 18.7 Å². The van der Waals surface area contributed by atoms with Crippen molar-refractivity contribution in [1.29, 1.82) is 0 Å². The second-order valence-corrected chi connectivity index (χ2v) is 4.97. The third kappa shape index (κ3) is 3.50. The molecular formula is C17H19FO2. The SMILES string of the molecule is COc1ccc(COc2ccc(C(C)C)cc2)c(F)c1. The Morgan fingerprint density at radius 3 is 2.20 bits per heavy atom. The van der Waals surface area contributed by atoms with Gasteiger partial charge in [0.1, 0.15) is 23.9 Å². The maximum absolute atomic E-state index is 13.7. The summed E-state index contributed by atoms with van der Waals surface area (Å²) in [6.07, 6.45) is 0. The van der Waals surface area contributed by atoms with Gasteiger partial charge in [-0.15, -0.1) is 0 Å². The molecule has 0 aliphatic heterocycles. The summed E-state index contributed by atoms with van der Waals surface area (Å²) in [6, 6.07) is 12.7. The second kappa shape index (κ2) is 6.42. The van der Waals surface area contributed by atoms with Crippen molar-refractivity contribution in [2.24, 2.45) is 0 Å². The lowest BCUT2D eigenvalue weighted by molar-refractivity contribution is 0.299. The molecule has 0 unspecified atom stereocenters. The highest BCUT2D eigenvalue weighted by molar-refractivity contribution is 5.31. The van der Waals surface area contributed by atoms with E-state index < -0.39 is 0 Å². The lowest BCUT2D eigenvalue weighted by atomic mass is 10.0. The molecule has 0 saturated carbocycles. The maximum atomic E-state index is 13.7. The minimum absolute atomic E-state index is 0.205. The van der Waals surface area contributed by atoms with Crippen LogP contribution in [0.2, 0.25) is 0 Å². The molecule has 3 heteroatoms. The second-order valence-electron chi connectivity index (χ2n) is 4.97. The number of halogens is 1. The largest absolute Gasteiger partial charge is 0.497 e. The van der Waals surface area contributed by atoms with E-state index in [1.807, 2.05) is 24.3 Å². The fourth-order valence-corrected chi connectivity index (χ4v) is 1.88. The molecule has 0 fully saturated rings. The number of ether oxygens (including phenoxy) is 2. The van der Waals surface area contributed by atoms with Crippen LogP contribution in [0.3, 0.4) is 0 Å². The third-order valence-corrected chi connectivity index (χ3v) is 3.20. The molecule has 0 spiro atoms. The Balaban J connectivity index is 2.01. The van der Waals surface area contributed by atoms with E-state index in [0.717, 1.165) is 5.75 Å². The molecule has 0 aliphatic rings. The Morgan fingerprint density at radius 2 is 1.65 bits per heavy atom. The van der Waals surface area contributed by atoms with Gasteiger partial charge in [-0.3, -0.25) is 0 Å². The average molecular weight is 274 g/mol. The van der Waals surface area contributed by atoms with Crippen molar-refractivity contribution in [3.8, 4) is 11.5 Å². The van der Waals surface area contributed by atoms with E-state index in [1.54, 1.807) is 12.1 Å². The zero-order valence-electron chi connectivity index (χ0n) is 12.0. The van der Waals surface area contributed by atoms with Gasteiger partial charge in [-0.05, 0) is 35.7 Å². The normalized spacial score (nSPS) is 10.7. The van der Waals surface area contributed by atoms with Gasteiger partial charge in [-0.2, -0.15) is 0 Å². The highest BCUT2D eigenvalue weighted by atomic mass is 19.1. The number of benzene rings is 2. The van der Waals surface area contributed by atoms with Crippen molar-refractivity contribution < 1.29 is 13.9 Å². The maximum Gasteiger partial charge on any atom is 0.133 e. The van der Waals surface area contributed by atoms with E-state index in [9.17, 15) is 4.39 Å². The van der Waals surface area contributed by atoms with Crippen molar-refractivity contribution in [3.05, 3.63) is 59.4 Å². The van der Waals surface area contributed by atoms with Crippen LogP contribution < -0.4 is 9.47 Å². The molecule has 0 radical (unpaired) electrons. The number of rotatable bonds is 5. The predicted octanol–water partition coefficient (Wildman–Crippen LogP) is 4.54. The van der Waals surface area contributed by atoms with Gasteiger partial charge >= 0.3 is 0 Å². The number of methoxy groups -OCH3 is 1. The molecule has 20 heavy (non-hydrogen) atoms. The zero-order valence-corrected chi connectivity index (χ0v) is 12.0. The average Bonchev–Trinajstić information content (AvgIpc) is 2.46. The number of hydrogen-bond donors (Lipinski definition) is 0. The molecule has 2 rings (SSSR count). The van der Waals surface area contributed by atoms with E-state index in [-0.39, 0.29) is 12.4 Å². The monoisotopic (exact) mass is 274 g/mol. The van der Waals surface area contributed by atoms with E-state index in [0.29, 0.717) is 17.2 Å². The van der Waals surface area contributed by atoms with Crippen LogP contribution in [0.4, 0.5) is 4.39 Å². The fourth-order valence-electron chi connectivity index (χ4n) is 1.88. The van der Waals surface area contributed by atoms with Crippen molar-refractivity contribution in [3.63, 3.8) is 0 Å². The Labute approximate surface area is 119 Å². The highest BCUT2D eigenvalue weighted by Crippen LogP contribution is 2.21. The molecule has 2 aromatic rings. The highest BCUT2D eigenvalue weighted by Gasteiger charge is 2.05. The van der Waals surface area contributed by atoms with Crippen molar-refractivity contribution in [1.82, 2.24) is 0 Å². The standard InChI is InChI=1S/C17H19FO2/c1-12(2)13-4-7-15(8-5-13)20-11-14-6-9-16(19-3)10-17(14)18/h4-10,12H,11H2,1-3H3. The molecule has 0 heterocycles. The third-order valence-electron chi connectivity index (χ3n) is 3.20. The Bertz CT molecular complexity index is 562. The van der Waals surface area contributed by atoms with Gasteiger partial charge in [0.2, 0.25) is 0 Å². The lowest BCUT2D eigenvalue weighted by Gasteiger charge is -2.10. The van der Waals surface area contributed by atoms with Crippen LogP contribution in [0.5, 0.6) is 11.5 Å². The van der Waals surface area contributed by atoms with Crippen LogP contribution >= 0.6 is 0 Å². The van der Waals surface area contributed by atoms with Crippen LogP contribution in [0.25, 0.3) is 0 Å². The van der Waals surface area contributed by atoms with Gasteiger partial charge in [-0.25, -0.2) is 4.39 Å². The summed E-state index contributed by atoms with van der Waals surface area (Å²) in [7, 11) is 1.52. The van der Waals surface area contributed by atoms with Crippen molar-refractivity contribution >= 4 is 0 Å². The Morgan fingerprint density at radius 1 is 1.00 bits per heavy atom. The van der Waals surface area contributed by atoms with E-state index >= 15 is 0 Å². The first-order valence-corrected chi connectivity index (χ1v) is 6.65. The first-order valence-electron chi connectivity index (χ1n) is 6.65. The van der Waals surface area contributed by atoms with E-state index in [4.69, 9.17) is 9.47 Å². The molecule has 0 aliphatic carbocycles. The minimum atomic E-state index is -0.317. The van der Waals surface area contributed by atoms with Gasteiger partial charge in [0, 0.05) is 11.6 Å². The van der Waals surface area contributed by atoms with Gasteiger partial charge in [0.15, 0.2) is 0 Å². The van der Waals surface area contributed by atoms with Crippen molar-refractivity contribution in [2.75, 3.05) is 7.11 Å². The molecule has 0 amide bonds. The topological polar surface area (TPSA) is 18.5 Å². The quantitative estimate of drug-likeness (QED) is 0.797. The molecule has 0 aromatic heterocycles. The lowest BCUT2D eigenvalue weighted by Crippen LogP contribution is -1.99. The smallest absolute Gasteiger partial charge is 0.133 e. The summed E-state index contributed by atoms with van der Waals surface area (Å²) < 4.78 is 24.3. The minimum Gasteiger partial charge on any atom is -0.497 e. The summed E-state index contributed by atoms with van der Waals surface area (Å²) in [6.45, 7) is 4.49. The molecule has 2 aromatic carbocycles. The molecule has 0 saturated heterocycles. The molecule has 106 valence electrons. The molecule has 0 atom stereocenters. The van der Waals surface area contributed by atoms with Crippen LogP contribution in [0, 0.1) is 5.82 Å². The summed E-state index contributed by atoms with van der Waals surface area (Å²) in [5, 5.41) is 0. The predicted molar refractivity (Wildman–Crippen MR) is 77.8 cm³/mol. The van der Waals surface area contributed by atoms with Crippen LogP contribution in [-0.4, -0.2) is 7.11 Å². The van der Waals surface area contributed by atoms with E-state index in [2.05, 4.69) is 13.8 Å². The first kappa shape index (κ1) is 14.4. The van der Waals surface area contributed by atoms with Gasteiger partial charge in [0.05, 0.1) is 7.11 Å². The molecule has 0 N–H and O–H groups in total. The summed E-state index contributed by atoms with van der Waals surface area (Å²) >= 11 is 0. The van der Waals surface area contributed by atoms with Crippen LogP contribution in [0.15, 0.2) is 42.5 Å². The Hall–Kier alpha value is -2.03. The van der Waals surface area contributed by atoms with Gasteiger partial charge in [0.25, 0.3) is 0 Å². The summed E-state index contributed by atoms with van der Waals surface area (Å²) in [5.41, 5.74) is 1.77.